The Hall–Kier alpha value is -1.91. The summed E-state index contributed by atoms with van der Waals surface area (Å²) in [5, 5.41) is 0. The molecular formula is C34H47P. The summed E-state index contributed by atoms with van der Waals surface area (Å²) in [4.78, 5) is 0. The Morgan fingerprint density at radius 1 is 0.457 bits per heavy atom. The van der Waals surface area contributed by atoms with E-state index in [-0.39, 0.29) is 5.41 Å². The van der Waals surface area contributed by atoms with E-state index in [9.17, 15) is 0 Å². The molecule has 1 atom stereocenters. The van der Waals surface area contributed by atoms with Gasteiger partial charge in [-0.3, -0.25) is 0 Å². The van der Waals surface area contributed by atoms with E-state index in [0.29, 0.717) is 0 Å². The number of hydrogen-bond acceptors (Lipinski definition) is 0. The molecule has 0 N–H and O–H groups in total. The van der Waals surface area contributed by atoms with Gasteiger partial charge in [0.1, 0.15) is 0 Å². The van der Waals surface area contributed by atoms with Gasteiger partial charge < -0.3 is 0 Å². The lowest BCUT2D eigenvalue weighted by atomic mass is 9.68. The van der Waals surface area contributed by atoms with Crippen molar-refractivity contribution in [1.82, 2.24) is 0 Å². The zero-order valence-corrected chi connectivity index (χ0v) is 23.1. The molecule has 0 heterocycles. The van der Waals surface area contributed by atoms with Crippen LogP contribution in [0.15, 0.2) is 91.0 Å². The molecule has 3 rings (SSSR count). The van der Waals surface area contributed by atoms with E-state index in [1.54, 1.807) is 0 Å². The third-order valence-corrected chi connectivity index (χ3v) is 8.74. The summed E-state index contributed by atoms with van der Waals surface area (Å²) in [7, 11) is 1.05. The Morgan fingerprint density at radius 2 is 0.829 bits per heavy atom. The van der Waals surface area contributed by atoms with Gasteiger partial charge in [0.25, 0.3) is 0 Å². The van der Waals surface area contributed by atoms with Crippen molar-refractivity contribution >= 4 is 8.58 Å². The zero-order chi connectivity index (χ0) is 24.4. The smallest absolute Gasteiger partial charge is 0.0454 e. The largest absolute Gasteiger partial charge is 0.122 e. The van der Waals surface area contributed by atoms with Crippen LogP contribution in [-0.2, 0) is 5.41 Å². The molecule has 0 aromatic heterocycles. The summed E-state index contributed by atoms with van der Waals surface area (Å²) in [5.74, 6) is 0. The molecule has 0 aliphatic carbocycles. The van der Waals surface area contributed by atoms with Gasteiger partial charge in [-0.1, -0.05) is 162 Å². The van der Waals surface area contributed by atoms with Crippen LogP contribution in [0, 0.1) is 0 Å². The average Bonchev–Trinajstić information content (AvgIpc) is 2.93. The molecule has 0 fully saturated rings. The van der Waals surface area contributed by atoms with Gasteiger partial charge in [-0.2, -0.15) is 0 Å². The fraction of sp³-hybridized carbons (Fsp3) is 0.471. The van der Waals surface area contributed by atoms with E-state index in [2.05, 4.69) is 97.9 Å². The van der Waals surface area contributed by atoms with E-state index in [1.165, 1.54) is 106 Å². The molecule has 0 aliphatic heterocycles. The van der Waals surface area contributed by atoms with Crippen LogP contribution in [0.5, 0.6) is 0 Å². The molecular weight excluding hydrogens is 439 g/mol. The fourth-order valence-corrected chi connectivity index (χ4v) is 6.72. The Balaban J connectivity index is 1.49. The molecule has 0 nitrogen and oxygen atoms in total. The lowest BCUT2D eigenvalue weighted by Crippen LogP contribution is -2.30. The molecule has 0 saturated heterocycles. The topological polar surface area (TPSA) is 0 Å². The molecule has 0 radical (unpaired) electrons. The second-order valence-corrected chi connectivity index (χ2v) is 11.5. The van der Waals surface area contributed by atoms with E-state index < -0.39 is 0 Å². The summed E-state index contributed by atoms with van der Waals surface area (Å²) in [5.41, 5.74) is 4.17. The summed E-state index contributed by atoms with van der Waals surface area (Å²) >= 11 is 0. The van der Waals surface area contributed by atoms with Crippen LogP contribution in [-0.4, -0.2) is 12.3 Å². The lowest BCUT2D eigenvalue weighted by Gasteiger charge is -2.36. The standard InChI is InChI=1S/C34H47P/c1-2-3-4-5-6-7-8-9-10-11-21-29-35-30-28-34(31-22-15-12-16-23-31,32-24-17-13-18-25-32)33-26-19-14-20-27-33/h12-20,22-27,35H,2-11,21,28-30H2,1H3. The third kappa shape index (κ3) is 8.91. The summed E-state index contributed by atoms with van der Waals surface area (Å²) in [6.07, 6.45) is 19.6. The van der Waals surface area contributed by atoms with Gasteiger partial charge in [0.2, 0.25) is 0 Å². The molecule has 188 valence electrons. The summed E-state index contributed by atoms with van der Waals surface area (Å²) in [6, 6.07) is 33.6. The maximum absolute atomic E-state index is 2.33. The first kappa shape index (κ1) is 27.7. The molecule has 1 heteroatoms. The maximum Gasteiger partial charge on any atom is 0.0454 e. The second-order valence-electron chi connectivity index (χ2n) is 10.0. The highest BCUT2D eigenvalue weighted by molar-refractivity contribution is 7.37. The first-order chi connectivity index (χ1) is 17.4. The van der Waals surface area contributed by atoms with Gasteiger partial charge in [0, 0.05) is 5.41 Å². The molecule has 0 aliphatic rings. The average molecular weight is 487 g/mol. The van der Waals surface area contributed by atoms with Crippen LogP contribution in [0.3, 0.4) is 0 Å². The Kier molecular flexibility index (Phi) is 13.2. The van der Waals surface area contributed by atoms with Crippen molar-refractivity contribution in [2.24, 2.45) is 0 Å². The van der Waals surface area contributed by atoms with Gasteiger partial charge in [0.15, 0.2) is 0 Å². The number of unbranched alkanes of at least 4 members (excludes halogenated alkanes) is 10. The zero-order valence-electron chi connectivity index (χ0n) is 22.1. The van der Waals surface area contributed by atoms with Crippen molar-refractivity contribution < 1.29 is 0 Å². The van der Waals surface area contributed by atoms with E-state index in [4.69, 9.17) is 0 Å². The first-order valence-electron chi connectivity index (χ1n) is 14.2. The quantitative estimate of drug-likeness (QED) is 0.0953. The third-order valence-electron chi connectivity index (χ3n) is 7.43. The maximum atomic E-state index is 2.33. The van der Waals surface area contributed by atoms with Crippen molar-refractivity contribution in [3.63, 3.8) is 0 Å². The Bertz CT molecular complexity index is 791. The number of benzene rings is 3. The van der Waals surface area contributed by atoms with Crippen LogP contribution in [0.4, 0.5) is 0 Å². The molecule has 1 unspecified atom stereocenters. The number of hydrogen-bond donors (Lipinski definition) is 0. The van der Waals surface area contributed by atoms with Crippen molar-refractivity contribution in [3.05, 3.63) is 108 Å². The molecule has 0 saturated carbocycles. The minimum absolute atomic E-state index is 0.0755. The van der Waals surface area contributed by atoms with Gasteiger partial charge >= 0.3 is 0 Å². The predicted octanol–water partition coefficient (Wildman–Crippen LogP) is 10.4. The van der Waals surface area contributed by atoms with Crippen molar-refractivity contribution in [2.45, 2.75) is 89.4 Å². The second kappa shape index (κ2) is 16.7. The molecule has 0 bridgehead atoms. The highest BCUT2D eigenvalue weighted by atomic mass is 31.1. The molecule has 3 aromatic carbocycles. The fourth-order valence-electron chi connectivity index (χ4n) is 5.42. The van der Waals surface area contributed by atoms with Crippen LogP contribution in [0.1, 0.15) is 101 Å². The lowest BCUT2D eigenvalue weighted by molar-refractivity contribution is 0.554. The van der Waals surface area contributed by atoms with Crippen LogP contribution < -0.4 is 0 Å². The highest BCUT2D eigenvalue weighted by Gasteiger charge is 2.35. The van der Waals surface area contributed by atoms with Crippen molar-refractivity contribution in [3.8, 4) is 0 Å². The van der Waals surface area contributed by atoms with Crippen LogP contribution in [0.25, 0.3) is 0 Å². The number of rotatable bonds is 18. The van der Waals surface area contributed by atoms with Crippen LogP contribution >= 0.6 is 8.58 Å². The van der Waals surface area contributed by atoms with E-state index >= 15 is 0 Å². The SMILES string of the molecule is CCCCCCCCCCCCCPCCC(c1ccccc1)(c1ccccc1)c1ccccc1. The summed E-state index contributed by atoms with van der Waals surface area (Å²) < 4.78 is 0. The van der Waals surface area contributed by atoms with Crippen molar-refractivity contribution in [2.75, 3.05) is 12.3 Å². The predicted molar refractivity (Wildman–Crippen MR) is 158 cm³/mol. The van der Waals surface area contributed by atoms with Gasteiger partial charge in [0.05, 0.1) is 0 Å². The minimum Gasteiger partial charge on any atom is -0.122 e. The molecule has 0 amide bonds. The van der Waals surface area contributed by atoms with E-state index in [0.717, 1.165) is 8.58 Å². The monoisotopic (exact) mass is 486 g/mol. The first-order valence-corrected chi connectivity index (χ1v) is 15.7. The van der Waals surface area contributed by atoms with Gasteiger partial charge in [-0.25, -0.2) is 0 Å². The normalized spacial score (nSPS) is 11.9. The summed E-state index contributed by atoms with van der Waals surface area (Å²) in [6.45, 7) is 2.30. The van der Waals surface area contributed by atoms with E-state index in [1.807, 2.05) is 0 Å². The Labute approximate surface area is 217 Å². The molecule has 35 heavy (non-hydrogen) atoms. The Morgan fingerprint density at radius 3 is 1.23 bits per heavy atom. The minimum atomic E-state index is -0.0755. The van der Waals surface area contributed by atoms with Crippen molar-refractivity contribution in [1.29, 1.82) is 0 Å². The van der Waals surface area contributed by atoms with Gasteiger partial charge in [-0.15, -0.1) is 8.58 Å². The molecule has 3 aromatic rings. The van der Waals surface area contributed by atoms with Gasteiger partial charge in [-0.05, 0) is 41.9 Å². The van der Waals surface area contributed by atoms with Crippen LogP contribution in [0.2, 0.25) is 0 Å². The molecule has 0 spiro atoms. The highest BCUT2D eigenvalue weighted by Crippen LogP contribution is 2.43.